The molecule has 0 bridgehead atoms. The van der Waals surface area contributed by atoms with Crippen molar-refractivity contribution in [2.45, 2.75) is 38.5 Å². The average molecular weight is 546 g/mol. The number of benzene rings is 1. The number of anilines is 1. The number of pyridine rings is 3. The molecule has 1 amide bonds. The van der Waals surface area contributed by atoms with Gasteiger partial charge in [-0.1, -0.05) is 31.4 Å². The van der Waals surface area contributed by atoms with E-state index < -0.39 is 0 Å². The summed E-state index contributed by atoms with van der Waals surface area (Å²) in [5.74, 6) is 0.208. The topological polar surface area (TPSA) is 112 Å². The molecule has 3 N–H and O–H groups in total. The summed E-state index contributed by atoms with van der Waals surface area (Å²) in [6.07, 6.45) is 15.2. The number of nitrogens with zero attached hydrogens (tertiary/aromatic N) is 4. The van der Waals surface area contributed by atoms with Gasteiger partial charge in [0.2, 0.25) is 5.91 Å². The lowest BCUT2D eigenvalue weighted by molar-refractivity contribution is -0.117. The molecule has 8 nitrogen and oxygen atoms in total. The highest BCUT2D eigenvalue weighted by atomic mass is 19.1. The Bertz CT molecular complexity index is 1890. The van der Waals surface area contributed by atoms with E-state index in [1.807, 2.05) is 24.3 Å². The molecule has 0 aliphatic heterocycles. The molecule has 5 aromatic heterocycles. The van der Waals surface area contributed by atoms with Crippen molar-refractivity contribution in [2.75, 3.05) is 5.32 Å². The summed E-state index contributed by atoms with van der Waals surface area (Å²) >= 11 is 0. The summed E-state index contributed by atoms with van der Waals surface area (Å²) in [5, 5.41) is 12.3. The van der Waals surface area contributed by atoms with Gasteiger partial charge in [0.05, 0.1) is 35.0 Å². The quantitative estimate of drug-likeness (QED) is 0.204. The van der Waals surface area contributed by atoms with Gasteiger partial charge in [0.1, 0.15) is 5.82 Å². The molecule has 0 spiro atoms. The highest BCUT2D eigenvalue weighted by Crippen LogP contribution is 2.35. The fourth-order valence-corrected chi connectivity index (χ4v) is 5.87. The summed E-state index contributed by atoms with van der Waals surface area (Å²) in [6, 6.07) is 12.5. The molecule has 204 valence electrons. The van der Waals surface area contributed by atoms with Crippen LogP contribution in [0.3, 0.4) is 0 Å². The number of H-pyrrole nitrogens is 2. The highest BCUT2D eigenvalue weighted by molar-refractivity contribution is 6.00. The lowest BCUT2D eigenvalue weighted by Gasteiger charge is -2.20. The van der Waals surface area contributed by atoms with E-state index in [0.717, 1.165) is 62.8 Å². The van der Waals surface area contributed by atoms with Crippen LogP contribution >= 0.6 is 0 Å². The number of fused-ring (bicyclic) bond motifs is 2. The minimum Gasteiger partial charge on any atom is -0.352 e. The number of carbonyl (C=O) groups excluding carboxylic acids is 1. The number of nitrogens with one attached hydrogen (secondary N) is 3. The largest absolute Gasteiger partial charge is 0.352 e. The average Bonchev–Trinajstić information content (AvgIpc) is 3.61. The van der Waals surface area contributed by atoms with Crippen LogP contribution in [-0.4, -0.2) is 36.0 Å². The minimum absolute atomic E-state index is 0.0347. The van der Waals surface area contributed by atoms with Crippen molar-refractivity contribution in [1.82, 2.24) is 30.1 Å². The molecule has 9 heteroatoms. The van der Waals surface area contributed by atoms with Gasteiger partial charge in [-0.3, -0.25) is 19.9 Å². The van der Waals surface area contributed by atoms with Crippen LogP contribution in [0.25, 0.3) is 55.6 Å². The maximum atomic E-state index is 13.9. The van der Waals surface area contributed by atoms with Gasteiger partial charge in [-0.15, -0.1) is 0 Å². The molecule has 0 atom stereocenters. The van der Waals surface area contributed by atoms with Gasteiger partial charge in [0.15, 0.2) is 5.65 Å². The van der Waals surface area contributed by atoms with Crippen molar-refractivity contribution in [3.8, 4) is 33.6 Å². The zero-order chi connectivity index (χ0) is 27.8. The number of rotatable bonds is 6. The molecule has 1 saturated carbocycles. The predicted molar refractivity (Wildman–Crippen MR) is 157 cm³/mol. The van der Waals surface area contributed by atoms with E-state index in [0.29, 0.717) is 23.7 Å². The number of hydrogen-bond acceptors (Lipinski definition) is 5. The normalized spacial score (nSPS) is 14.1. The molecule has 1 aliphatic rings. The monoisotopic (exact) mass is 545 g/mol. The van der Waals surface area contributed by atoms with Crippen molar-refractivity contribution in [3.63, 3.8) is 0 Å². The molecular formula is C32H28FN7O. The number of amides is 1. The van der Waals surface area contributed by atoms with Crippen molar-refractivity contribution >= 4 is 33.5 Å². The molecule has 1 aliphatic carbocycles. The first-order valence-electron chi connectivity index (χ1n) is 13.9. The van der Waals surface area contributed by atoms with Crippen LogP contribution in [0.15, 0.2) is 73.4 Å². The van der Waals surface area contributed by atoms with Gasteiger partial charge >= 0.3 is 0 Å². The van der Waals surface area contributed by atoms with Gasteiger partial charge in [0.25, 0.3) is 0 Å². The summed E-state index contributed by atoms with van der Waals surface area (Å²) in [6.45, 7) is 0. The Morgan fingerprint density at radius 2 is 1.76 bits per heavy atom. The molecular weight excluding hydrogens is 517 g/mol. The predicted octanol–water partition coefficient (Wildman–Crippen LogP) is 7.28. The Hall–Kier alpha value is -4.92. The zero-order valence-electron chi connectivity index (χ0n) is 22.3. The fourth-order valence-electron chi connectivity index (χ4n) is 5.87. The standard InChI is InChI=1S/C32H28FN7O/c33-23-8-4-7-20(10-23)27-17-35-18-29-25(27)13-28(38-29)31-26-12-22(15-36-32(26)40-39-31)21-11-24(16-34-14-21)37-30(41)9-19-5-2-1-3-6-19/h4,7-8,10-19,38H,1-3,5-6,9H2,(H,37,41)(H,36,39,40). The molecule has 0 radical (unpaired) electrons. The highest BCUT2D eigenvalue weighted by Gasteiger charge is 2.18. The molecule has 5 heterocycles. The van der Waals surface area contributed by atoms with Crippen LogP contribution in [0.4, 0.5) is 10.1 Å². The summed E-state index contributed by atoms with van der Waals surface area (Å²) in [7, 11) is 0. The Kier molecular flexibility index (Phi) is 6.47. The van der Waals surface area contributed by atoms with Crippen LogP contribution in [0.5, 0.6) is 0 Å². The second-order valence-electron chi connectivity index (χ2n) is 10.8. The van der Waals surface area contributed by atoms with Crippen LogP contribution in [0.2, 0.25) is 0 Å². The van der Waals surface area contributed by atoms with Crippen LogP contribution < -0.4 is 5.32 Å². The van der Waals surface area contributed by atoms with Gasteiger partial charge < -0.3 is 10.3 Å². The van der Waals surface area contributed by atoms with E-state index in [2.05, 4.69) is 35.5 Å². The first kappa shape index (κ1) is 25.1. The molecule has 1 aromatic carbocycles. The number of aromatic nitrogens is 6. The maximum Gasteiger partial charge on any atom is 0.224 e. The maximum absolute atomic E-state index is 13.9. The summed E-state index contributed by atoms with van der Waals surface area (Å²) in [4.78, 5) is 29.4. The number of carbonyl (C=O) groups is 1. The first-order chi connectivity index (χ1) is 20.1. The molecule has 1 fully saturated rings. The van der Waals surface area contributed by atoms with Crippen molar-refractivity contribution in [3.05, 3.63) is 79.3 Å². The summed E-state index contributed by atoms with van der Waals surface area (Å²) < 4.78 is 13.9. The van der Waals surface area contributed by atoms with E-state index >= 15 is 0 Å². The van der Waals surface area contributed by atoms with Gasteiger partial charge in [-0.05, 0) is 54.7 Å². The minimum atomic E-state index is -0.296. The van der Waals surface area contributed by atoms with Crippen LogP contribution in [-0.2, 0) is 4.79 Å². The molecule has 7 rings (SSSR count). The SMILES string of the molecule is O=C(CC1CCCCC1)Nc1cncc(-c2cnc3n[nH]c(-c4cc5c(-c6cccc(F)c6)cncc5[nH]4)c3c2)c1. The zero-order valence-corrected chi connectivity index (χ0v) is 22.3. The van der Waals surface area contributed by atoms with E-state index in [1.165, 1.54) is 31.4 Å². The van der Waals surface area contributed by atoms with Gasteiger partial charge in [-0.25, -0.2) is 9.37 Å². The van der Waals surface area contributed by atoms with E-state index in [-0.39, 0.29) is 11.7 Å². The molecule has 6 aromatic rings. The Morgan fingerprint density at radius 1 is 0.902 bits per heavy atom. The molecule has 0 saturated heterocycles. The Balaban J connectivity index is 1.19. The van der Waals surface area contributed by atoms with E-state index in [9.17, 15) is 9.18 Å². The number of aromatic amines is 2. The lowest BCUT2D eigenvalue weighted by atomic mass is 9.87. The summed E-state index contributed by atoms with van der Waals surface area (Å²) in [5.41, 5.74) is 6.96. The lowest BCUT2D eigenvalue weighted by Crippen LogP contribution is -2.18. The Labute approximate surface area is 235 Å². The smallest absolute Gasteiger partial charge is 0.224 e. The molecule has 0 unspecified atom stereocenters. The second-order valence-corrected chi connectivity index (χ2v) is 10.8. The first-order valence-corrected chi connectivity index (χ1v) is 13.9. The van der Waals surface area contributed by atoms with Crippen LogP contribution in [0.1, 0.15) is 38.5 Å². The van der Waals surface area contributed by atoms with Crippen molar-refractivity contribution < 1.29 is 9.18 Å². The fraction of sp³-hybridized carbons (Fsp3) is 0.219. The van der Waals surface area contributed by atoms with Crippen molar-refractivity contribution in [1.29, 1.82) is 0 Å². The van der Waals surface area contributed by atoms with Crippen molar-refractivity contribution in [2.24, 2.45) is 5.92 Å². The van der Waals surface area contributed by atoms with Gasteiger partial charge in [-0.2, -0.15) is 5.10 Å². The van der Waals surface area contributed by atoms with E-state index in [4.69, 9.17) is 0 Å². The van der Waals surface area contributed by atoms with E-state index in [1.54, 1.807) is 37.1 Å². The molecule has 41 heavy (non-hydrogen) atoms. The third-order valence-electron chi connectivity index (χ3n) is 7.91. The van der Waals surface area contributed by atoms with Crippen LogP contribution in [0, 0.1) is 11.7 Å². The third-order valence-corrected chi connectivity index (χ3v) is 7.91. The number of halogens is 1. The second kappa shape index (κ2) is 10.6. The Morgan fingerprint density at radius 3 is 2.63 bits per heavy atom. The number of hydrogen-bond donors (Lipinski definition) is 3. The van der Waals surface area contributed by atoms with Gasteiger partial charge in [0, 0.05) is 52.5 Å². The third kappa shape index (κ3) is 5.06.